The van der Waals surface area contributed by atoms with Gasteiger partial charge in [0, 0.05) is 12.1 Å². The third-order valence-corrected chi connectivity index (χ3v) is 4.09. The van der Waals surface area contributed by atoms with E-state index in [4.69, 9.17) is 0 Å². The van der Waals surface area contributed by atoms with Crippen LogP contribution in [-0.4, -0.2) is 28.9 Å². The molecule has 2 saturated carbocycles. The second kappa shape index (κ2) is 2.74. The molecule has 2 aliphatic carbocycles. The lowest BCUT2D eigenvalue weighted by Crippen LogP contribution is -2.63. The quantitative estimate of drug-likeness (QED) is 0.705. The van der Waals surface area contributed by atoms with Gasteiger partial charge in [0.25, 0.3) is 0 Å². The van der Waals surface area contributed by atoms with Crippen LogP contribution in [0.5, 0.6) is 0 Å². The van der Waals surface area contributed by atoms with Gasteiger partial charge in [-0.2, -0.15) is 0 Å². The molecule has 0 aromatic heterocycles. The van der Waals surface area contributed by atoms with Crippen LogP contribution in [0.2, 0.25) is 0 Å². The van der Waals surface area contributed by atoms with Gasteiger partial charge in [-0.1, -0.05) is 6.42 Å². The molecule has 3 fully saturated rings. The van der Waals surface area contributed by atoms with Crippen molar-refractivity contribution in [1.29, 1.82) is 0 Å². The second-order valence-electron chi connectivity index (χ2n) is 5.22. The molecule has 0 bridgehead atoms. The first-order valence-electron chi connectivity index (χ1n) is 5.77. The number of nitrogens with zero attached hydrogens (tertiary/aromatic N) is 1. The highest BCUT2D eigenvalue weighted by Gasteiger charge is 2.55. The monoisotopic (exact) mass is 208 g/mol. The molecule has 3 rings (SSSR count). The molecule has 4 heteroatoms. The number of carbonyl (C=O) groups is 2. The van der Waals surface area contributed by atoms with E-state index in [-0.39, 0.29) is 29.4 Å². The molecule has 1 heterocycles. The standard InChI is InChI=1S/C11H16N2O2/c1-11-6-2-3-8(11)12-10(15)13(9(11)14)7-4-5-7/h7-8H,2-6H2,1H3,(H,12,15). The Balaban J connectivity index is 1.93. The SMILES string of the molecule is CC12CCCC1NC(=O)N(C1CC1)C2=O. The van der Waals surface area contributed by atoms with E-state index < -0.39 is 0 Å². The Morgan fingerprint density at radius 1 is 1.33 bits per heavy atom. The molecule has 0 radical (unpaired) electrons. The molecule has 3 aliphatic rings. The van der Waals surface area contributed by atoms with Gasteiger partial charge in [0.15, 0.2) is 0 Å². The number of nitrogens with one attached hydrogen (secondary N) is 1. The zero-order valence-corrected chi connectivity index (χ0v) is 8.95. The van der Waals surface area contributed by atoms with Gasteiger partial charge in [0.05, 0.1) is 5.41 Å². The number of hydrogen-bond acceptors (Lipinski definition) is 2. The van der Waals surface area contributed by atoms with Crippen LogP contribution < -0.4 is 5.32 Å². The fourth-order valence-corrected chi connectivity index (χ4v) is 2.90. The number of carbonyl (C=O) groups excluding carboxylic acids is 2. The topological polar surface area (TPSA) is 49.4 Å². The van der Waals surface area contributed by atoms with Crippen molar-refractivity contribution in [2.75, 3.05) is 0 Å². The highest BCUT2D eigenvalue weighted by molar-refractivity contribution is 6.01. The summed E-state index contributed by atoms with van der Waals surface area (Å²) < 4.78 is 0. The van der Waals surface area contributed by atoms with Crippen LogP contribution in [0.3, 0.4) is 0 Å². The van der Waals surface area contributed by atoms with Crippen LogP contribution in [0.1, 0.15) is 39.0 Å². The highest BCUT2D eigenvalue weighted by atomic mass is 16.2. The van der Waals surface area contributed by atoms with E-state index in [9.17, 15) is 9.59 Å². The molecule has 1 N–H and O–H groups in total. The van der Waals surface area contributed by atoms with Gasteiger partial charge in [-0.25, -0.2) is 4.79 Å². The Labute approximate surface area is 89.0 Å². The fraction of sp³-hybridized carbons (Fsp3) is 0.818. The molecule has 2 unspecified atom stereocenters. The van der Waals surface area contributed by atoms with E-state index in [2.05, 4.69) is 5.32 Å². The molecule has 1 aliphatic heterocycles. The van der Waals surface area contributed by atoms with Crippen LogP contribution in [0.25, 0.3) is 0 Å². The van der Waals surface area contributed by atoms with Crippen molar-refractivity contribution >= 4 is 11.9 Å². The Kier molecular flexibility index (Phi) is 1.68. The van der Waals surface area contributed by atoms with Crippen molar-refractivity contribution in [2.24, 2.45) is 5.41 Å². The highest BCUT2D eigenvalue weighted by Crippen LogP contribution is 2.44. The maximum absolute atomic E-state index is 12.3. The van der Waals surface area contributed by atoms with Gasteiger partial charge in [-0.3, -0.25) is 9.69 Å². The summed E-state index contributed by atoms with van der Waals surface area (Å²) >= 11 is 0. The van der Waals surface area contributed by atoms with E-state index in [0.29, 0.717) is 0 Å². The number of fused-ring (bicyclic) bond motifs is 1. The molecular formula is C11H16N2O2. The zero-order valence-electron chi connectivity index (χ0n) is 8.95. The molecular weight excluding hydrogens is 192 g/mol. The predicted octanol–water partition coefficient (Wildman–Crippen LogP) is 1.26. The van der Waals surface area contributed by atoms with Crippen molar-refractivity contribution in [3.63, 3.8) is 0 Å². The van der Waals surface area contributed by atoms with Crippen molar-refractivity contribution < 1.29 is 9.59 Å². The average Bonchev–Trinajstić information content (AvgIpc) is 2.93. The zero-order chi connectivity index (χ0) is 10.6. The number of amides is 3. The van der Waals surface area contributed by atoms with Gasteiger partial charge < -0.3 is 5.32 Å². The number of hydrogen-bond donors (Lipinski definition) is 1. The van der Waals surface area contributed by atoms with E-state index in [1.165, 1.54) is 4.90 Å². The summed E-state index contributed by atoms with van der Waals surface area (Å²) in [7, 11) is 0. The molecule has 3 amide bonds. The maximum Gasteiger partial charge on any atom is 0.324 e. The van der Waals surface area contributed by atoms with E-state index in [0.717, 1.165) is 32.1 Å². The smallest absolute Gasteiger partial charge is 0.324 e. The molecule has 0 aromatic carbocycles. The van der Waals surface area contributed by atoms with Crippen LogP contribution >= 0.6 is 0 Å². The lowest BCUT2D eigenvalue weighted by molar-refractivity contribution is -0.141. The number of imide groups is 1. The average molecular weight is 208 g/mol. The lowest BCUT2D eigenvalue weighted by atomic mass is 9.81. The first-order chi connectivity index (χ1) is 7.13. The summed E-state index contributed by atoms with van der Waals surface area (Å²) in [5, 5.41) is 2.99. The largest absolute Gasteiger partial charge is 0.334 e. The van der Waals surface area contributed by atoms with Gasteiger partial charge in [-0.05, 0) is 32.6 Å². The van der Waals surface area contributed by atoms with Crippen LogP contribution in [0, 0.1) is 5.41 Å². The molecule has 15 heavy (non-hydrogen) atoms. The molecule has 4 nitrogen and oxygen atoms in total. The fourth-order valence-electron chi connectivity index (χ4n) is 2.90. The Morgan fingerprint density at radius 2 is 2.07 bits per heavy atom. The molecule has 0 aromatic rings. The summed E-state index contributed by atoms with van der Waals surface area (Å²) in [5.41, 5.74) is -0.323. The minimum Gasteiger partial charge on any atom is -0.334 e. The first kappa shape index (κ1) is 9.19. The van der Waals surface area contributed by atoms with E-state index in [1.807, 2.05) is 6.92 Å². The molecule has 2 atom stereocenters. The molecule has 82 valence electrons. The Hall–Kier alpha value is -1.06. The van der Waals surface area contributed by atoms with Gasteiger partial charge >= 0.3 is 6.03 Å². The summed E-state index contributed by atoms with van der Waals surface area (Å²) in [5.74, 6) is 0.0660. The molecule has 0 spiro atoms. The number of rotatable bonds is 1. The first-order valence-corrected chi connectivity index (χ1v) is 5.77. The normalized spacial score (nSPS) is 40.3. The van der Waals surface area contributed by atoms with Crippen LogP contribution in [0.15, 0.2) is 0 Å². The summed E-state index contributed by atoms with van der Waals surface area (Å²) in [4.78, 5) is 25.5. The minimum absolute atomic E-state index is 0.0660. The maximum atomic E-state index is 12.3. The third-order valence-electron chi connectivity index (χ3n) is 4.09. The van der Waals surface area contributed by atoms with E-state index in [1.54, 1.807) is 0 Å². The Morgan fingerprint density at radius 3 is 2.73 bits per heavy atom. The predicted molar refractivity (Wildman–Crippen MR) is 54.1 cm³/mol. The third kappa shape index (κ3) is 1.13. The summed E-state index contributed by atoms with van der Waals surface area (Å²) in [6, 6.07) is 0.107. The van der Waals surface area contributed by atoms with Crippen molar-refractivity contribution in [1.82, 2.24) is 10.2 Å². The van der Waals surface area contributed by atoms with Gasteiger partial charge in [0.2, 0.25) is 5.91 Å². The van der Waals surface area contributed by atoms with E-state index >= 15 is 0 Å². The van der Waals surface area contributed by atoms with Crippen LogP contribution in [0.4, 0.5) is 4.79 Å². The van der Waals surface area contributed by atoms with Crippen molar-refractivity contribution in [2.45, 2.75) is 51.1 Å². The number of urea groups is 1. The summed E-state index contributed by atoms with van der Waals surface area (Å²) in [6.07, 6.45) is 4.89. The lowest BCUT2D eigenvalue weighted by Gasteiger charge is -2.41. The van der Waals surface area contributed by atoms with Crippen molar-refractivity contribution in [3.05, 3.63) is 0 Å². The van der Waals surface area contributed by atoms with Crippen molar-refractivity contribution in [3.8, 4) is 0 Å². The van der Waals surface area contributed by atoms with Gasteiger partial charge in [-0.15, -0.1) is 0 Å². The Bertz CT molecular complexity index is 337. The summed E-state index contributed by atoms with van der Waals surface area (Å²) in [6.45, 7) is 2.00. The van der Waals surface area contributed by atoms with Gasteiger partial charge in [0.1, 0.15) is 0 Å². The molecule has 1 saturated heterocycles. The second-order valence-corrected chi connectivity index (χ2v) is 5.22. The minimum atomic E-state index is -0.323. The van der Waals surface area contributed by atoms with Crippen LogP contribution in [-0.2, 0) is 4.79 Å².